The molecule has 0 saturated heterocycles. The molecule has 0 atom stereocenters. The molecule has 2 rings (SSSR count). The number of nitrogens with zero attached hydrogens (tertiary/aromatic N) is 2. The van der Waals surface area contributed by atoms with Gasteiger partial charge >= 0.3 is 5.97 Å². The van der Waals surface area contributed by atoms with Gasteiger partial charge in [-0.15, -0.1) is 0 Å². The molecule has 0 bridgehead atoms. The number of carboxylic acid groups (broad SMARTS) is 1. The SMILES string of the molecule is Cc1cc(OCC(=O)Nc2cncc(C(=O)O)c2)no1. The van der Waals surface area contributed by atoms with Gasteiger partial charge in [-0.25, -0.2) is 4.79 Å². The number of nitrogens with one attached hydrogen (secondary N) is 1. The van der Waals surface area contributed by atoms with E-state index in [2.05, 4.69) is 15.5 Å². The molecule has 1 amide bonds. The number of rotatable bonds is 5. The number of aromatic carboxylic acids is 1. The van der Waals surface area contributed by atoms with E-state index < -0.39 is 11.9 Å². The number of anilines is 1. The lowest BCUT2D eigenvalue weighted by atomic mass is 10.2. The molecule has 0 fully saturated rings. The molecule has 2 aromatic rings. The van der Waals surface area contributed by atoms with E-state index in [1.165, 1.54) is 18.5 Å². The Bertz CT molecular complexity index is 638. The summed E-state index contributed by atoms with van der Waals surface area (Å²) in [4.78, 5) is 26.1. The summed E-state index contributed by atoms with van der Waals surface area (Å²) in [5.41, 5.74) is 0.255. The fourth-order valence-electron chi connectivity index (χ4n) is 1.37. The molecule has 0 aromatic carbocycles. The third kappa shape index (κ3) is 3.55. The molecule has 0 unspecified atom stereocenters. The van der Waals surface area contributed by atoms with Gasteiger partial charge in [0.15, 0.2) is 6.61 Å². The Morgan fingerprint density at radius 3 is 2.85 bits per heavy atom. The van der Waals surface area contributed by atoms with Crippen LogP contribution >= 0.6 is 0 Å². The highest BCUT2D eigenvalue weighted by molar-refractivity contribution is 5.94. The standard InChI is InChI=1S/C12H11N3O5/c1-7-2-11(15-20-7)19-6-10(16)14-9-3-8(12(17)18)4-13-5-9/h2-5H,6H2,1H3,(H,14,16)(H,17,18). The van der Waals surface area contributed by atoms with Crippen molar-refractivity contribution in [1.82, 2.24) is 10.1 Å². The molecule has 20 heavy (non-hydrogen) atoms. The Kier molecular flexibility index (Phi) is 3.94. The maximum absolute atomic E-state index is 11.6. The van der Waals surface area contributed by atoms with Gasteiger partial charge in [0.1, 0.15) is 5.76 Å². The van der Waals surface area contributed by atoms with Gasteiger partial charge < -0.3 is 19.7 Å². The number of aromatic nitrogens is 2. The number of carbonyl (C=O) groups is 2. The topological polar surface area (TPSA) is 115 Å². The lowest BCUT2D eigenvalue weighted by Gasteiger charge is -2.05. The summed E-state index contributed by atoms with van der Waals surface area (Å²) < 4.78 is 9.86. The fourth-order valence-corrected chi connectivity index (χ4v) is 1.37. The van der Waals surface area contributed by atoms with Crippen LogP contribution < -0.4 is 10.1 Å². The van der Waals surface area contributed by atoms with Crippen LogP contribution in [0.5, 0.6) is 5.88 Å². The van der Waals surface area contributed by atoms with Gasteiger partial charge in [-0.2, -0.15) is 0 Å². The minimum Gasteiger partial charge on any atom is -0.478 e. The van der Waals surface area contributed by atoms with Gasteiger partial charge in [-0.1, -0.05) is 0 Å². The monoisotopic (exact) mass is 277 g/mol. The van der Waals surface area contributed by atoms with Gasteiger partial charge in [-0.3, -0.25) is 9.78 Å². The number of hydrogen-bond donors (Lipinski definition) is 2. The van der Waals surface area contributed by atoms with Crippen molar-refractivity contribution >= 4 is 17.6 Å². The fraction of sp³-hybridized carbons (Fsp3) is 0.167. The molecule has 2 heterocycles. The first-order chi connectivity index (χ1) is 9.54. The molecule has 2 N–H and O–H groups in total. The number of pyridine rings is 1. The molecule has 0 aliphatic rings. The summed E-state index contributed by atoms with van der Waals surface area (Å²) in [5.74, 6) is -0.813. The van der Waals surface area contributed by atoms with Crippen LogP contribution in [-0.2, 0) is 4.79 Å². The third-order valence-electron chi connectivity index (χ3n) is 2.23. The number of hydrogen-bond acceptors (Lipinski definition) is 6. The lowest BCUT2D eigenvalue weighted by molar-refractivity contribution is -0.118. The van der Waals surface area contributed by atoms with E-state index >= 15 is 0 Å². The highest BCUT2D eigenvalue weighted by Gasteiger charge is 2.09. The summed E-state index contributed by atoms with van der Waals surface area (Å²) in [6.07, 6.45) is 2.53. The third-order valence-corrected chi connectivity index (χ3v) is 2.23. The Morgan fingerprint density at radius 1 is 1.40 bits per heavy atom. The van der Waals surface area contributed by atoms with Crippen molar-refractivity contribution < 1.29 is 24.0 Å². The first-order valence-electron chi connectivity index (χ1n) is 5.59. The van der Waals surface area contributed by atoms with Crippen LogP contribution in [0, 0.1) is 6.92 Å². The van der Waals surface area contributed by atoms with Crippen LogP contribution in [0.15, 0.2) is 29.0 Å². The quantitative estimate of drug-likeness (QED) is 0.840. The summed E-state index contributed by atoms with van der Waals surface area (Å²) in [5, 5.41) is 14.8. The minimum atomic E-state index is -1.12. The predicted octanol–water partition coefficient (Wildman–Crippen LogP) is 1.09. The molecule has 104 valence electrons. The van der Waals surface area contributed by atoms with Crippen molar-refractivity contribution in [3.63, 3.8) is 0 Å². The van der Waals surface area contributed by atoms with E-state index in [9.17, 15) is 9.59 Å². The second-order valence-corrected chi connectivity index (χ2v) is 3.88. The van der Waals surface area contributed by atoms with Crippen LogP contribution in [0.25, 0.3) is 0 Å². The first-order valence-corrected chi connectivity index (χ1v) is 5.59. The van der Waals surface area contributed by atoms with Crippen LogP contribution in [-0.4, -0.2) is 33.7 Å². The number of carbonyl (C=O) groups excluding carboxylic acids is 1. The van der Waals surface area contributed by atoms with Gasteiger partial charge in [-0.05, 0) is 18.1 Å². The predicted molar refractivity (Wildman–Crippen MR) is 66.6 cm³/mol. The Balaban J connectivity index is 1.91. The highest BCUT2D eigenvalue weighted by Crippen LogP contribution is 2.11. The van der Waals surface area contributed by atoms with E-state index in [-0.39, 0.29) is 23.7 Å². The second kappa shape index (κ2) is 5.83. The van der Waals surface area contributed by atoms with Crippen molar-refractivity contribution in [2.24, 2.45) is 0 Å². The lowest BCUT2D eigenvalue weighted by Crippen LogP contribution is -2.20. The number of ether oxygens (including phenoxy) is 1. The van der Waals surface area contributed by atoms with Crippen molar-refractivity contribution in [2.45, 2.75) is 6.92 Å². The van der Waals surface area contributed by atoms with E-state index in [1.807, 2.05) is 0 Å². The van der Waals surface area contributed by atoms with Gasteiger partial charge in [0.05, 0.1) is 17.4 Å². The summed E-state index contributed by atoms with van der Waals surface area (Å²) >= 11 is 0. The highest BCUT2D eigenvalue weighted by atomic mass is 16.5. The molecule has 0 spiro atoms. The van der Waals surface area contributed by atoms with Crippen molar-refractivity contribution in [3.8, 4) is 5.88 Å². The second-order valence-electron chi connectivity index (χ2n) is 3.88. The van der Waals surface area contributed by atoms with E-state index in [4.69, 9.17) is 14.4 Å². The molecule has 0 aliphatic heterocycles. The van der Waals surface area contributed by atoms with Crippen LogP contribution in [0.2, 0.25) is 0 Å². The molecular weight excluding hydrogens is 266 g/mol. The molecule has 8 heteroatoms. The molecular formula is C12H11N3O5. The number of carboxylic acids is 1. The summed E-state index contributed by atoms with van der Waals surface area (Å²) in [6.45, 7) is 1.42. The van der Waals surface area contributed by atoms with E-state index in [0.717, 1.165) is 0 Å². The number of amides is 1. The molecule has 0 saturated carbocycles. The van der Waals surface area contributed by atoms with Crippen molar-refractivity contribution in [2.75, 3.05) is 11.9 Å². The van der Waals surface area contributed by atoms with Crippen molar-refractivity contribution in [3.05, 3.63) is 35.9 Å². The Morgan fingerprint density at radius 2 is 2.20 bits per heavy atom. The van der Waals surface area contributed by atoms with Gasteiger partial charge in [0.2, 0.25) is 0 Å². The molecule has 0 aliphatic carbocycles. The van der Waals surface area contributed by atoms with Gasteiger partial charge in [0, 0.05) is 12.3 Å². The average molecular weight is 277 g/mol. The van der Waals surface area contributed by atoms with E-state index in [1.54, 1.807) is 13.0 Å². The zero-order valence-electron chi connectivity index (χ0n) is 10.5. The average Bonchev–Trinajstić information content (AvgIpc) is 2.82. The smallest absolute Gasteiger partial charge is 0.337 e. The Hall–Kier alpha value is -2.90. The zero-order chi connectivity index (χ0) is 14.5. The van der Waals surface area contributed by atoms with Gasteiger partial charge in [0.25, 0.3) is 11.8 Å². The maximum Gasteiger partial charge on any atom is 0.337 e. The molecule has 0 radical (unpaired) electrons. The first kappa shape index (κ1) is 13.5. The summed E-state index contributed by atoms with van der Waals surface area (Å²) in [7, 11) is 0. The van der Waals surface area contributed by atoms with Crippen molar-refractivity contribution in [1.29, 1.82) is 0 Å². The molecule has 8 nitrogen and oxygen atoms in total. The molecule has 2 aromatic heterocycles. The van der Waals surface area contributed by atoms with E-state index in [0.29, 0.717) is 5.76 Å². The van der Waals surface area contributed by atoms with Crippen LogP contribution in [0.4, 0.5) is 5.69 Å². The normalized spacial score (nSPS) is 10.1. The minimum absolute atomic E-state index is 0.0177. The zero-order valence-corrected chi connectivity index (χ0v) is 10.5. The summed E-state index contributed by atoms with van der Waals surface area (Å²) in [6, 6.07) is 2.84. The number of aryl methyl sites for hydroxylation is 1. The maximum atomic E-state index is 11.6. The Labute approximate surface area is 113 Å². The van der Waals surface area contributed by atoms with Crippen LogP contribution in [0.3, 0.4) is 0 Å². The van der Waals surface area contributed by atoms with Crippen LogP contribution in [0.1, 0.15) is 16.1 Å². The largest absolute Gasteiger partial charge is 0.478 e.